The number of imide groups is 1. The standard InChI is InChI=1S/C15H21N2O3.C2H6.Y/c1-4-5-11(7-6-10(2)3)14(19)16-12-8-9-13(18)17-15(12)20;1-2;/h4-5,10,12H,6,8-9H2,1-3H3,(H,16,19)(H,17,18,20);1-2H3;/q-1;;/b5-4-;;. The molecule has 1 atom stereocenters. The number of nitrogens with one attached hydrogen (secondary N) is 2. The first kappa shape index (κ1) is 24.4. The van der Waals surface area contributed by atoms with Gasteiger partial charge in [-0.1, -0.05) is 47.0 Å². The van der Waals surface area contributed by atoms with Crippen LogP contribution in [0.3, 0.4) is 0 Å². The summed E-state index contributed by atoms with van der Waals surface area (Å²) in [6, 6.07) is -0.652. The van der Waals surface area contributed by atoms with Crippen molar-refractivity contribution >= 4 is 17.7 Å². The molecule has 1 heterocycles. The predicted octanol–water partition coefficient (Wildman–Crippen LogP) is 2.28. The maximum atomic E-state index is 12.1. The Morgan fingerprint density at radius 3 is 2.48 bits per heavy atom. The Morgan fingerprint density at radius 1 is 1.39 bits per heavy atom. The third-order valence-corrected chi connectivity index (χ3v) is 2.82. The van der Waals surface area contributed by atoms with Gasteiger partial charge in [0.25, 0.3) is 0 Å². The van der Waals surface area contributed by atoms with E-state index in [1.54, 1.807) is 12.2 Å². The number of hydrogen-bond donors (Lipinski definition) is 2. The summed E-state index contributed by atoms with van der Waals surface area (Å²) in [4.78, 5) is 34.8. The Labute approximate surface area is 164 Å². The van der Waals surface area contributed by atoms with E-state index >= 15 is 0 Å². The summed E-state index contributed by atoms with van der Waals surface area (Å²) < 4.78 is 0. The maximum absolute atomic E-state index is 12.1. The van der Waals surface area contributed by atoms with E-state index in [1.807, 2.05) is 34.6 Å². The molecule has 0 aromatic heterocycles. The second-order valence-corrected chi connectivity index (χ2v) is 5.17. The summed E-state index contributed by atoms with van der Waals surface area (Å²) in [6.45, 7) is 9.90. The molecular formula is C17H27N2O3Y-. The van der Waals surface area contributed by atoms with Gasteiger partial charge in [-0.2, -0.15) is 12.2 Å². The summed E-state index contributed by atoms with van der Waals surface area (Å²) in [5.74, 6) is -0.675. The minimum Gasteiger partial charge on any atom is -0.394 e. The summed E-state index contributed by atoms with van der Waals surface area (Å²) >= 11 is 0. The van der Waals surface area contributed by atoms with Gasteiger partial charge in [0.15, 0.2) is 0 Å². The van der Waals surface area contributed by atoms with Crippen LogP contribution in [0.1, 0.15) is 53.9 Å². The van der Waals surface area contributed by atoms with Crippen molar-refractivity contribution in [2.45, 2.75) is 59.9 Å². The van der Waals surface area contributed by atoms with Crippen LogP contribution in [-0.2, 0) is 47.1 Å². The van der Waals surface area contributed by atoms with Gasteiger partial charge >= 0.3 is 0 Å². The van der Waals surface area contributed by atoms with Gasteiger partial charge < -0.3 is 10.1 Å². The van der Waals surface area contributed by atoms with E-state index in [1.165, 1.54) is 0 Å². The van der Waals surface area contributed by atoms with Crippen molar-refractivity contribution in [1.29, 1.82) is 0 Å². The van der Waals surface area contributed by atoms with Gasteiger partial charge in [0, 0.05) is 39.1 Å². The Bertz CT molecular complexity index is 457. The topological polar surface area (TPSA) is 75.3 Å². The summed E-state index contributed by atoms with van der Waals surface area (Å²) in [5, 5.41) is 4.86. The number of carbonyl (C=O) groups excluding carboxylic acids is 3. The number of amides is 3. The minimum atomic E-state index is -0.652. The van der Waals surface area contributed by atoms with E-state index in [4.69, 9.17) is 0 Å². The van der Waals surface area contributed by atoms with Crippen LogP contribution in [0.25, 0.3) is 0 Å². The van der Waals surface area contributed by atoms with E-state index in [-0.39, 0.29) is 50.9 Å². The monoisotopic (exact) mass is 396 g/mol. The summed E-state index contributed by atoms with van der Waals surface area (Å²) in [7, 11) is 0. The smallest absolute Gasteiger partial charge is 0.248 e. The van der Waals surface area contributed by atoms with Crippen LogP contribution < -0.4 is 10.6 Å². The molecule has 23 heavy (non-hydrogen) atoms. The number of carbonyl (C=O) groups is 3. The number of hydrogen-bond acceptors (Lipinski definition) is 3. The minimum absolute atomic E-state index is 0. The van der Waals surface area contributed by atoms with Crippen LogP contribution in [0.15, 0.2) is 17.7 Å². The van der Waals surface area contributed by atoms with Gasteiger partial charge in [-0.25, -0.2) is 0 Å². The second kappa shape index (κ2) is 13.6. The van der Waals surface area contributed by atoms with E-state index in [2.05, 4.69) is 16.7 Å². The molecule has 0 aliphatic carbocycles. The predicted molar refractivity (Wildman–Crippen MR) is 86.7 cm³/mol. The van der Waals surface area contributed by atoms with Crippen LogP contribution in [0.2, 0.25) is 0 Å². The average Bonchev–Trinajstić information content (AvgIpc) is 2.48. The van der Waals surface area contributed by atoms with Crippen molar-refractivity contribution in [3.63, 3.8) is 0 Å². The van der Waals surface area contributed by atoms with Crippen molar-refractivity contribution in [2.24, 2.45) is 5.92 Å². The van der Waals surface area contributed by atoms with E-state index in [0.29, 0.717) is 24.3 Å². The van der Waals surface area contributed by atoms with Crippen molar-refractivity contribution in [3.8, 4) is 0 Å². The molecule has 127 valence electrons. The quantitative estimate of drug-likeness (QED) is 0.324. The molecule has 0 bridgehead atoms. The molecule has 0 aromatic rings. The zero-order chi connectivity index (χ0) is 17.1. The van der Waals surface area contributed by atoms with Gasteiger partial charge in [0.05, 0.1) is 6.04 Å². The van der Waals surface area contributed by atoms with Crippen LogP contribution in [0, 0.1) is 12.0 Å². The molecule has 1 fully saturated rings. The molecular weight excluding hydrogens is 369 g/mol. The zero-order valence-electron chi connectivity index (χ0n) is 14.7. The molecule has 1 radical (unpaired) electrons. The van der Waals surface area contributed by atoms with Gasteiger partial charge in [-0.05, 0) is 6.42 Å². The van der Waals surface area contributed by atoms with Crippen molar-refractivity contribution in [2.75, 3.05) is 0 Å². The zero-order valence-corrected chi connectivity index (χ0v) is 17.6. The Hall–Kier alpha value is -0.806. The summed E-state index contributed by atoms with van der Waals surface area (Å²) in [5.41, 5.74) is 0.422. The van der Waals surface area contributed by atoms with Crippen LogP contribution in [-0.4, -0.2) is 23.8 Å². The summed E-state index contributed by atoms with van der Waals surface area (Å²) in [6.07, 6.45) is 7.73. The first-order valence-corrected chi connectivity index (χ1v) is 7.82. The SMILES string of the molecule is C/C=C\C(=[C-]CC(C)C)C(=O)NC1CCC(=O)NC1=O.CC.[Y]. The molecule has 0 spiro atoms. The molecule has 1 rings (SSSR count). The van der Waals surface area contributed by atoms with Crippen LogP contribution >= 0.6 is 0 Å². The third kappa shape index (κ3) is 9.82. The Balaban J connectivity index is 0. The number of rotatable bonds is 5. The van der Waals surface area contributed by atoms with Gasteiger partial charge in [-0.15, -0.1) is 11.6 Å². The molecule has 1 aliphatic heterocycles. The van der Waals surface area contributed by atoms with Gasteiger partial charge in [0.2, 0.25) is 11.8 Å². The Kier molecular flexibility index (Phi) is 14.5. The van der Waals surface area contributed by atoms with E-state index in [9.17, 15) is 14.4 Å². The molecule has 5 nitrogen and oxygen atoms in total. The second-order valence-electron chi connectivity index (χ2n) is 5.17. The van der Waals surface area contributed by atoms with Crippen molar-refractivity contribution in [1.82, 2.24) is 10.6 Å². The van der Waals surface area contributed by atoms with Crippen LogP contribution in [0.5, 0.6) is 0 Å². The molecule has 0 aromatic carbocycles. The fourth-order valence-corrected chi connectivity index (χ4v) is 1.76. The molecule has 3 amide bonds. The molecule has 1 saturated heterocycles. The van der Waals surface area contributed by atoms with Crippen molar-refractivity contribution in [3.05, 3.63) is 23.8 Å². The normalized spacial score (nSPS) is 18.0. The third-order valence-electron chi connectivity index (χ3n) is 2.82. The molecule has 6 heteroatoms. The molecule has 1 aliphatic rings. The maximum Gasteiger partial charge on any atom is 0.248 e. The molecule has 2 N–H and O–H groups in total. The van der Waals surface area contributed by atoms with E-state index < -0.39 is 11.9 Å². The average molecular weight is 396 g/mol. The fourth-order valence-electron chi connectivity index (χ4n) is 1.76. The first-order chi connectivity index (χ1) is 10.4. The van der Waals surface area contributed by atoms with Gasteiger partial charge in [-0.3, -0.25) is 14.9 Å². The van der Waals surface area contributed by atoms with Gasteiger partial charge in [0.1, 0.15) is 5.91 Å². The largest absolute Gasteiger partial charge is 0.394 e. The van der Waals surface area contributed by atoms with E-state index in [0.717, 1.165) is 0 Å². The van der Waals surface area contributed by atoms with Crippen molar-refractivity contribution < 1.29 is 47.1 Å². The molecule has 1 unspecified atom stereocenters. The number of piperidine rings is 1. The van der Waals surface area contributed by atoms with Crippen LogP contribution in [0.4, 0.5) is 0 Å². The Morgan fingerprint density at radius 2 is 2.00 bits per heavy atom. The molecule has 0 saturated carbocycles. The fraction of sp³-hybridized carbons (Fsp3) is 0.588. The first-order valence-electron chi connectivity index (χ1n) is 7.82. The number of allylic oxidation sites excluding steroid dienone is 2.